The van der Waals surface area contributed by atoms with Crippen molar-refractivity contribution in [3.05, 3.63) is 35.1 Å². The van der Waals surface area contributed by atoms with Crippen LogP contribution in [-0.4, -0.2) is 11.7 Å². The summed E-state index contributed by atoms with van der Waals surface area (Å²) in [4.78, 5) is 0. The number of aliphatic hydroxyl groups excluding tert-OH is 1. The minimum absolute atomic E-state index is 0.0228. The normalized spacial score (nSPS) is 13.9. The van der Waals surface area contributed by atoms with Crippen molar-refractivity contribution in [2.75, 3.05) is 6.54 Å². The lowest BCUT2D eigenvalue weighted by Gasteiger charge is -2.17. The van der Waals surface area contributed by atoms with Crippen LogP contribution in [0.25, 0.3) is 0 Å². The van der Waals surface area contributed by atoms with Gasteiger partial charge in [-0.3, -0.25) is 0 Å². The van der Waals surface area contributed by atoms with Crippen molar-refractivity contribution in [1.29, 1.82) is 0 Å². The highest BCUT2D eigenvalue weighted by Gasteiger charge is 2.34. The predicted molar refractivity (Wildman–Crippen MR) is 50.0 cm³/mol. The van der Waals surface area contributed by atoms with Gasteiger partial charge < -0.3 is 10.8 Å². The van der Waals surface area contributed by atoms with Gasteiger partial charge in [0.2, 0.25) is 0 Å². The average molecular weight is 237 g/mol. The molecule has 0 saturated heterocycles. The van der Waals surface area contributed by atoms with Gasteiger partial charge in [-0.15, -0.1) is 0 Å². The highest BCUT2D eigenvalue weighted by atomic mass is 19.4. The van der Waals surface area contributed by atoms with Crippen molar-refractivity contribution in [2.24, 2.45) is 5.73 Å². The van der Waals surface area contributed by atoms with Crippen LogP contribution in [0.3, 0.4) is 0 Å². The summed E-state index contributed by atoms with van der Waals surface area (Å²) in [5.41, 5.74) is 3.62. The fourth-order valence-electron chi connectivity index (χ4n) is 1.38. The van der Waals surface area contributed by atoms with Crippen LogP contribution < -0.4 is 5.73 Å². The summed E-state index contributed by atoms with van der Waals surface area (Å²) < 4.78 is 50.4. The van der Waals surface area contributed by atoms with Gasteiger partial charge in [0.15, 0.2) is 0 Å². The average Bonchev–Trinajstić information content (AvgIpc) is 2.16. The van der Waals surface area contributed by atoms with Crippen LogP contribution in [0.2, 0.25) is 0 Å². The Bertz CT molecular complexity index is 364. The number of halogens is 4. The summed E-state index contributed by atoms with van der Waals surface area (Å²) in [6, 6.07) is 2.01. The molecule has 0 aliphatic rings. The van der Waals surface area contributed by atoms with Gasteiger partial charge in [-0.25, -0.2) is 4.39 Å². The standard InChI is InChI=1S/C10H11F4NO/c11-6-1-2-8(10(12,13)14)7(5-6)9(16)3-4-15/h1-2,5,9,16H,3-4,15H2/t9-/m1/s1. The van der Waals surface area contributed by atoms with Gasteiger partial charge in [0.25, 0.3) is 0 Å². The van der Waals surface area contributed by atoms with Gasteiger partial charge in [0.05, 0.1) is 11.7 Å². The van der Waals surface area contributed by atoms with Gasteiger partial charge in [-0.2, -0.15) is 13.2 Å². The maximum Gasteiger partial charge on any atom is 0.416 e. The number of nitrogens with two attached hydrogens (primary N) is 1. The van der Waals surface area contributed by atoms with Crippen LogP contribution in [-0.2, 0) is 6.18 Å². The molecular weight excluding hydrogens is 226 g/mol. The van der Waals surface area contributed by atoms with E-state index in [1.54, 1.807) is 0 Å². The number of hydrogen-bond donors (Lipinski definition) is 2. The SMILES string of the molecule is NCC[C@@H](O)c1cc(F)ccc1C(F)(F)F. The van der Waals surface area contributed by atoms with Crippen LogP contribution in [0.5, 0.6) is 0 Å². The van der Waals surface area contributed by atoms with Crippen molar-refractivity contribution in [1.82, 2.24) is 0 Å². The lowest BCUT2D eigenvalue weighted by atomic mass is 9.99. The zero-order valence-corrected chi connectivity index (χ0v) is 8.26. The molecule has 0 aliphatic carbocycles. The molecule has 0 amide bonds. The molecular formula is C10H11F4NO. The quantitative estimate of drug-likeness (QED) is 0.792. The monoisotopic (exact) mass is 237 g/mol. The van der Waals surface area contributed by atoms with E-state index in [2.05, 4.69) is 0 Å². The number of hydrogen-bond acceptors (Lipinski definition) is 2. The second-order valence-electron chi connectivity index (χ2n) is 3.32. The van der Waals surface area contributed by atoms with Crippen molar-refractivity contribution >= 4 is 0 Å². The second kappa shape index (κ2) is 4.80. The number of aliphatic hydroxyl groups is 1. The van der Waals surface area contributed by atoms with Gasteiger partial charge >= 0.3 is 6.18 Å². The number of benzene rings is 1. The zero-order chi connectivity index (χ0) is 12.3. The molecule has 0 bridgehead atoms. The summed E-state index contributed by atoms with van der Waals surface area (Å²) in [7, 11) is 0. The van der Waals surface area contributed by atoms with Gasteiger partial charge in [0.1, 0.15) is 5.82 Å². The van der Waals surface area contributed by atoms with E-state index in [0.717, 1.165) is 0 Å². The molecule has 1 aromatic rings. The molecule has 1 rings (SSSR count). The van der Waals surface area contributed by atoms with Gasteiger partial charge in [0, 0.05) is 0 Å². The minimum atomic E-state index is -4.61. The van der Waals surface area contributed by atoms with E-state index in [0.29, 0.717) is 18.2 Å². The molecule has 0 aliphatic heterocycles. The van der Waals surface area contributed by atoms with E-state index >= 15 is 0 Å². The third kappa shape index (κ3) is 2.93. The van der Waals surface area contributed by atoms with Crippen molar-refractivity contribution in [3.8, 4) is 0 Å². The molecule has 16 heavy (non-hydrogen) atoms. The summed E-state index contributed by atoms with van der Waals surface area (Å²) >= 11 is 0. The highest BCUT2D eigenvalue weighted by molar-refractivity contribution is 5.32. The first-order valence-electron chi connectivity index (χ1n) is 4.61. The third-order valence-electron chi connectivity index (χ3n) is 2.12. The van der Waals surface area contributed by atoms with E-state index in [-0.39, 0.29) is 13.0 Å². The van der Waals surface area contributed by atoms with E-state index < -0.39 is 29.2 Å². The Morgan fingerprint density at radius 3 is 2.44 bits per heavy atom. The van der Waals surface area contributed by atoms with Crippen LogP contribution >= 0.6 is 0 Å². The zero-order valence-electron chi connectivity index (χ0n) is 8.26. The molecule has 90 valence electrons. The Balaban J connectivity index is 3.18. The summed E-state index contributed by atoms with van der Waals surface area (Å²) in [6.07, 6.45) is -6.07. The van der Waals surface area contributed by atoms with E-state index in [1.807, 2.05) is 0 Å². The molecule has 1 aromatic carbocycles. The fraction of sp³-hybridized carbons (Fsp3) is 0.400. The molecule has 3 N–H and O–H groups in total. The summed E-state index contributed by atoms with van der Waals surface area (Å²) in [5, 5.41) is 9.44. The molecule has 0 aromatic heterocycles. The summed E-state index contributed by atoms with van der Waals surface area (Å²) in [5.74, 6) is -0.820. The van der Waals surface area contributed by atoms with E-state index in [4.69, 9.17) is 5.73 Å². The lowest BCUT2D eigenvalue weighted by Crippen LogP contribution is -2.14. The largest absolute Gasteiger partial charge is 0.416 e. The van der Waals surface area contributed by atoms with Crippen LogP contribution in [0, 0.1) is 5.82 Å². The van der Waals surface area contributed by atoms with Crippen LogP contribution in [0.4, 0.5) is 17.6 Å². The molecule has 0 unspecified atom stereocenters. The molecule has 0 spiro atoms. The Morgan fingerprint density at radius 1 is 1.31 bits per heavy atom. The van der Waals surface area contributed by atoms with Crippen molar-refractivity contribution in [2.45, 2.75) is 18.7 Å². The number of alkyl halides is 3. The molecule has 0 heterocycles. The second-order valence-corrected chi connectivity index (χ2v) is 3.32. The van der Waals surface area contributed by atoms with Crippen molar-refractivity contribution < 1.29 is 22.7 Å². The fourth-order valence-corrected chi connectivity index (χ4v) is 1.38. The Labute approximate surface area is 89.7 Å². The molecule has 6 heteroatoms. The Kier molecular flexibility index (Phi) is 3.88. The lowest BCUT2D eigenvalue weighted by molar-refractivity contribution is -0.139. The number of rotatable bonds is 3. The van der Waals surface area contributed by atoms with Crippen molar-refractivity contribution in [3.63, 3.8) is 0 Å². The molecule has 2 nitrogen and oxygen atoms in total. The Morgan fingerprint density at radius 2 is 1.94 bits per heavy atom. The molecule has 1 atom stereocenters. The maximum absolute atomic E-state index is 12.8. The first-order chi connectivity index (χ1) is 7.36. The van der Waals surface area contributed by atoms with E-state index in [9.17, 15) is 22.7 Å². The first kappa shape index (κ1) is 12.9. The maximum atomic E-state index is 12.8. The first-order valence-corrected chi connectivity index (χ1v) is 4.61. The van der Waals surface area contributed by atoms with Gasteiger partial charge in [-0.1, -0.05) is 0 Å². The highest BCUT2D eigenvalue weighted by Crippen LogP contribution is 2.35. The van der Waals surface area contributed by atoms with Gasteiger partial charge in [-0.05, 0) is 36.7 Å². The predicted octanol–water partition coefficient (Wildman–Crippen LogP) is 2.23. The third-order valence-corrected chi connectivity index (χ3v) is 2.12. The van der Waals surface area contributed by atoms with E-state index in [1.165, 1.54) is 0 Å². The molecule has 0 saturated carbocycles. The smallest absolute Gasteiger partial charge is 0.388 e. The van der Waals surface area contributed by atoms with Crippen LogP contribution in [0.1, 0.15) is 23.7 Å². The molecule has 0 fully saturated rings. The molecule has 0 radical (unpaired) electrons. The minimum Gasteiger partial charge on any atom is -0.388 e. The van der Waals surface area contributed by atoms with Crippen LogP contribution in [0.15, 0.2) is 18.2 Å². The Hall–Kier alpha value is -1.14. The summed E-state index contributed by atoms with van der Waals surface area (Å²) in [6.45, 7) is 0.0228. The topological polar surface area (TPSA) is 46.2 Å².